The summed E-state index contributed by atoms with van der Waals surface area (Å²) >= 11 is 0. The van der Waals surface area contributed by atoms with E-state index in [1.165, 1.54) is 0 Å². The molecular formula is H4IrO4-. The van der Waals surface area contributed by atoms with Crippen molar-refractivity contribution in [1.82, 2.24) is 0 Å². The number of hydrogen-bond acceptors (Lipinski definition) is 4. The van der Waals surface area contributed by atoms with Crippen molar-refractivity contribution in [3.63, 3.8) is 0 Å². The van der Waals surface area contributed by atoms with E-state index in [0.29, 0.717) is 0 Å². The van der Waals surface area contributed by atoms with Gasteiger partial charge in [-0.2, -0.15) is 0 Å². The Morgan fingerprint density at radius 2 is 0.400 bits per heavy atom. The molecule has 5 heteroatoms. The molecule has 0 fully saturated rings. The van der Waals surface area contributed by atoms with Crippen molar-refractivity contribution in [2.75, 3.05) is 0 Å². The maximum Gasteiger partial charge on any atom is 3.00 e. The largest absolute Gasteiger partial charge is 3.00 e. The molecule has 38 valence electrons. The molecule has 4 nitrogen and oxygen atoms in total. The minimum Gasteiger partial charge on any atom is -0.870 e. The van der Waals surface area contributed by atoms with Crippen LogP contribution < -0.4 is 0 Å². The smallest absolute Gasteiger partial charge is 0.870 e. The van der Waals surface area contributed by atoms with Crippen LogP contribution in [0.25, 0.3) is 0 Å². The zero-order chi connectivity index (χ0) is 0. The summed E-state index contributed by atoms with van der Waals surface area (Å²) in [6, 6.07) is 0. The molecule has 0 radical (unpaired) electrons. The Bertz CT molecular complexity index is 3.61. The molecule has 4 N–H and O–H groups in total. The van der Waals surface area contributed by atoms with Gasteiger partial charge >= 0.3 is 20.1 Å². The van der Waals surface area contributed by atoms with Crippen LogP contribution in [0.4, 0.5) is 0 Å². The molecule has 0 saturated heterocycles. The Kier molecular flexibility index (Phi) is 21100. The van der Waals surface area contributed by atoms with Gasteiger partial charge in [0, 0.05) is 0 Å². The summed E-state index contributed by atoms with van der Waals surface area (Å²) in [5, 5.41) is 0. The van der Waals surface area contributed by atoms with Gasteiger partial charge < -0.3 is 21.9 Å². The molecule has 0 aromatic heterocycles. The van der Waals surface area contributed by atoms with Crippen LogP contribution in [-0.2, 0) is 20.1 Å². The van der Waals surface area contributed by atoms with Gasteiger partial charge in [-0.05, 0) is 0 Å². The van der Waals surface area contributed by atoms with Gasteiger partial charge in [0.25, 0.3) is 0 Å². The maximum atomic E-state index is 0. The van der Waals surface area contributed by atoms with Crippen LogP contribution in [0, 0.1) is 0 Å². The average Bonchev–Trinajstić information content (AvgIpc) is 0. The van der Waals surface area contributed by atoms with Crippen molar-refractivity contribution in [2.24, 2.45) is 0 Å². The van der Waals surface area contributed by atoms with Gasteiger partial charge in [0.2, 0.25) is 0 Å². The molecule has 0 unspecified atom stereocenters. The molecule has 0 atom stereocenters. The molecular weight excluding hydrogens is 256 g/mol. The van der Waals surface area contributed by atoms with Crippen LogP contribution in [0.15, 0.2) is 0 Å². The first-order valence-electron chi connectivity index (χ1n) is 0. The van der Waals surface area contributed by atoms with Crippen molar-refractivity contribution in [2.45, 2.75) is 0 Å². The van der Waals surface area contributed by atoms with Gasteiger partial charge in [-0.1, -0.05) is 0 Å². The summed E-state index contributed by atoms with van der Waals surface area (Å²) in [6.07, 6.45) is 0. The first-order valence-corrected chi connectivity index (χ1v) is 0. The first-order chi connectivity index (χ1) is 0. The van der Waals surface area contributed by atoms with E-state index in [1.807, 2.05) is 0 Å². The standard InChI is InChI=1S/Ir.4H2O/h;4*1H2/q+3;;;;/p-4. The minimum atomic E-state index is 0. The fraction of sp³-hybridized carbons (Fsp3) is 0. The van der Waals surface area contributed by atoms with Gasteiger partial charge in [0.15, 0.2) is 0 Å². The van der Waals surface area contributed by atoms with Crippen LogP contribution in [-0.4, -0.2) is 21.9 Å². The maximum absolute atomic E-state index is 0. The topological polar surface area (TPSA) is 120 Å². The van der Waals surface area contributed by atoms with Gasteiger partial charge in [-0.15, -0.1) is 0 Å². The molecule has 0 aliphatic rings. The van der Waals surface area contributed by atoms with E-state index in [9.17, 15) is 0 Å². The molecule has 0 spiro atoms. The van der Waals surface area contributed by atoms with Gasteiger partial charge in [0.1, 0.15) is 0 Å². The molecule has 0 aliphatic carbocycles. The molecule has 0 amide bonds. The van der Waals surface area contributed by atoms with Gasteiger partial charge in [-0.25, -0.2) is 0 Å². The van der Waals surface area contributed by atoms with Gasteiger partial charge in [-0.3, -0.25) is 0 Å². The quantitative estimate of drug-likeness (QED) is 0.571. The Labute approximate surface area is 42.8 Å². The summed E-state index contributed by atoms with van der Waals surface area (Å²) in [6.45, 7) is 0. The summed E-state index contributed by atoms with van der Waals surface area (Å²) in [7, 11) is 0. The first kappa shape index (κ1) is 462. The van der Waals surface area contributed by atoms with E-state index in [2.05, 4.69) is 0 Å². The molecule has 0 aliphatic heterocycles. The summed E-state index contributed by atoms with van der Waals surface area (Å²) in [5.74, 6) is 0. The summed E-state index contributed by atoms with van der Waals surface area (Å²) < 4.78 is 0. The molecule has 0 saturated carbocycles. The Hall–Kier alpha value is 0.489. The Balaban J connectivity index is 0. The summed E-state index contributed by atoms with van der Waals surface area (Å²) in [5.41, 5.74) is 0. The molecule has 0 aromatic carbocycles. The SMILES string of the molecule is [Ir+3].[OH-].[OH-].[OH-].[OH-]. The molecule has 0 aromatic rings. The van der Waals surface area contributed by atoms with Crippen molar-refractivity contribution in [3.05, 3.63) is 0 Å². The number of hydrogen-bond donors (Lipinski definition) is 0. The van der Waals surface area contributed by atoms with Crippen molar-refractivity contribution >= 4 is 0 Å². The van der Waals surface area contributed by atoms with E-state index in [0.717, 1.165) is 0 Å². The third-order valence-corrected chi connectivity index (χ3v) is 0. The third-order valence-electron chi connectivity index (χ3n) is 0. The third kappa shape index (κ3) is 116. The second-order valence-corrected chi connectivity index (χ2v) is 0. The van der Waals surface area contributed by atoms with Crippen LogP contribution in [0.1, 0.15) is 0 Å². The predicted molar refractivity (Wildman–Crippen MR) is 7.74 cm³/mol. The number of rotatable bonds is 0. The molecule has 0 rings (SSSR count). The fourth-order valence-corrected chi connectivity index (χ4v) is 0. The zero-order valence-electron chi connectivity index (χ0n) is 2.12. The van der Waals surface area contributed by atoms with Gasteiger partial charge in [0.05, 0.1) is 0 Å². The fourth-order valence-electron chi connectivity index (χ4n) is 0. The van der Waals surface area contributed by atoms with Crippen molar-refractivity contribution < 1.29 is 42.0 Å². The van der Waals surface area contributed by atoms with E-state index in [-0.39, 0.29) is 42.0 Å². The Morgan fingerprint density at radius 1 is 0.400 bits per heavy atom. The van der Waals surface area contributed by atoms with Crippen LogP contribution in [0.5, 0.6) is 0 Å². The van der Waals surface area contributed by atoms with E-state index >= 15 is 0 Å². The second kappa shape index (κ2) is 228. The summed E-state index contributed by atoms with van der Waals surface area (Å²) in [4.78, 5) is 0. The van der Waals surface area contributed by atoms with Crippen LogP contribution in [0.2, 0.25) is 0 Å². The van der Waals surface area contributed by atoms with E-state index in [4.69, 9.17) is 0 Å². The second-order valence-electron chi connectivity index (χ2n) is 0. The van der Waals surface area contributed by atoms with Crippen molar-refractivity contribution in [1.29, 1.82) is 0 Å². The van der Waals surface area contributed by atoms with Crippen LogP contribution >= 0.6 is 0 Å². The monoisotopic (exact) mass is 261 g/mol. The molecule has 0 heterocycles. The normalized spacial score (nSPS) is 0. The zero-order valence-corrected chi connectivity index (χ0v) is 4.52. The molecule has 5 heavy (non-hydrogen) atoms. The Morgan fingerprint density at radius 3 is 0.400 bits per heavy atom. The van der Waals surface area contributed by atoms with Crippen molar-refractivity contribution in [3.8, 4) is 0 Å². The minimum absolute atomic E-state index is 0. The van der Waals surface area contributed by atoms with E-state index in [1.54, 1.807) is 0 Å². The average molecular weight is 260 g/mol. The van der Waals surface area contributed by atoms with Crippen LogP contribution in [0.3, 0.4) is 0 Å². The predicted octanol–water partition coefficient (Wildman–Crippen LogP) is -0.710. The van der Waals surface area contributed by atoms with E-state index < -0.39 is 0 Å². The molecule has 0 bridgehead atoms.